The quantitative estimate of drug-likeness (QED) is 0.767. The first kappa shape index (κ1) is 13.8. The molecule has 0 atom stereocenters. The van der Waals surface area contributed by atoms with Crippen LogP contribution in [0.1, 0.15) is 29.6 Å². The number of nitrogens with zero attached hydrogens (tertiary/aromatic N) is 1. The van der Waals surface area contributed by atoms with Crippen LogP contribution in [-0.2, 0) is 0 Å². The van der Waals surface area contributed by atoms with Crippen LogP contribution >= 0.6 is 27.5 Å². The highest BCUT2D eigenvalue weighted by Gasteiger charge is 2.30. The monoisotopic (exact) mass is 333 g/mol. The van der Waals surface area contributed by atoms with Crippen molar-refractivity contribution in [2.24, 2.45) is 0 Å². The average molecular weight is 335 g/mol. The first-order chi connectivity index (χ1) is 8.63. The second-order valence-electron chi connectivity index (χ2n) is 4.40. The Balaban J connectivity index is 2.21. The average Bonchev–Trinajstić information content (AvgIpc) is 2.25. The van der Waals surface area contributed by atoms with Gasteiger partial charge in [0.2, 0.25) is 0 Å². The summed E-state index contributed by atoms with van der Waals surface area (Å²) in [6.07, 6.45) is 3.10. The molecule has 18 heavy (non-hydrogen) atoms. The second kappa shape index (κ2) is 6.02. The Labute approximate surface area is 119 Å². The molecule has 1 aliphatic carbocycles. The molecule has 0 spiro atoms. The summed E-state index contributed by atoms with van der Waals surface area (Å²) in [5.41, 5.74) is 0.121. The van der Waals surface area contributed by atoms with Crippen LogP contribution in [0.4, 0.5) is 4.39 Å². The molecular formula is C13H14BrClFNO. The first-order valence-electron chi connectivity index (χ1n) is 5.95. The van der Waals surface area contributed by atoms with Gasteiger partial charge in [0.25, 0.3) is 5.91 Å². The Morgan fingerprint density at radius 3 is 2.72 bits per heavy atom. The van der Waals surface area contributed by atoms with Crippen molar-refractivity contribution in [1.82, 2.24) is 4.90 Å². The summed E-state index contributed by atoms with van der Waals surface area (Å²) in [6, 6.07) is 4.73. The van der Waals surface area contributed by atoms with Crippen molar-refractivity contribution in [1.29, 1.82) is 0 Å². The lowest BCUT2D eigenvalue weighted by Gasteiger charge is -2.37. The van der Waals surface area contributed by atoms with Crippen molar-refractivity contribution in [2.45, 2.75) is 25.3 Å². The van der Waals surface area contributed by atoms with E-state index >= 15 is 0 Å². The number of rotatable bonds is 4. The lowest BCUT2D eigenvalue weighted by Crippen LogP contribution is -2.45. The zero-order valence-electron chi connectivity index (χ0n) is 9.83. The molecule has 1 aliphatic rings. The topological polar surface area (TPSA) is 20.3 Å². The molecular weight excluding hydrogens is 321 g/mol. The van der Waals surface area contributed by atoms with E-state index in [-0.39, 0.29) is 17.5 Å². The SMILES string of the molecule is O=C(c1ccc(Br)cc1F)N(CCCl)C1CCC1. The van der Waals surface area contributed by atoms with Gasteiger partial charge in [-0.3, -0.25) is 4.79 Å². The lowest BCUT2D eigenvalue weighted by atomic mass is 9.91. The molecule has 1 saturated carbocycles. The molecule has 1 amide bonds. The highest BCUT2D eigenvalue weighted by atomic mass is 79.9. The van der Waals surface area contributed by atoms with Crippen LogP contribution < -0.4 is 0 Å². The maximum Gasteiger partial charge on any atom is 0.257 e. The Bertz CT molecular complexity index is 451. The van der Waals surface area contributed by atoms with E-state index in [9.17, 15) is 9.18 Å². The summed E-state index contributed by atoms with van der Waals surface area (Å²) in [5, 5.41) is 0. The first-order valence-corrected chi connectivity index (χ1v) is 7.28. The Morgan fingerprint density at radius 2 is 2.22 bits per heavy atom. The van der Waals surface area contributed by atoms with Gasteiger partial charge < -0.3 is 4.90 Å². The third-order valence-corrected chi connectivity index (χ3v) is 3.93. The van der Waals surface area contributed by atoms with E-state index in [4.69, 9.17) is 11.6 Å². The third kappa shape index (κ3) is 2.86. The Morgan fingerprint density at radius 1 is 1.50 bits per heavy atom. The normalized spacial score (nSPS) is 15.3. The fourth-order valence-electron chi connectivity index (χ4n) is 2.06. The molecule has 0 unspecified atom stereocenters. The van der Waals surface area contributed by atoms with Crippen molar-refractivity contribution >= 4 is 33.4 Å². The summed E-state index contributed by atoms with van der Waals surface area (Å²) in [5.74, 6) is -0.376. The molecule has 2 rings (SSSR count). The van der Waals surface area contributed by atoms with Crippen LogP contribution in [0.3, 0.4) is 0 Å². The van der Waals surface area contributed by atoms with Gasteiger partial charge in [0.15, 0.2) is 0 Å². The second-order valence-corrected chi connectivity index (χ2v) is 5.69. The van der Waals surface area contributed by atoms with Crippen molar-refractivity contribution in [3.05, 3.63) is 34.1 Å². The minimum atomic E-state index is -0.492. The summed E-state index contributed by atoms with van der Waals surface area (Å²) in [6.45, 7) is 0.473. The molecule has 1 aromatic rings. The number of hydrogen-bond acceptors (Lipinski definition) is 1. The van der Waals surface area contributed by atoms with E-state index in [1.54, 1.807) is 11.0 Å². The van der Waals surface area contributed by atoms with Gasteiger partial charge in [-0.25, -0.2) is 4.39 Å². The maximum atomic E-state index is 13.8. The zero-order chi connectivity index (χ0) is 13.1. The van der Waals surface area contributed by atoms with Crippen LogP contribution in [0.2, 0.25) is 0 Å². The maximum absolute atomic E-state index is 13.8. The predicted molar refractivity (Wildman–Crippen MR) is 73.5 cm³/mol. The third-order valence-electron chi connectivity index (χ3n) is 3.26. The van der Waals surface area contributed by atoms with Gasteiger partial charge >= 0.3 is 0 Å². The predicted octanol–water partition coefficient (Wildman–Crippen LogP) is 3.82. The van der Waals surface area contributed by atoms with E-state index < -0.39 is 5.82 Å². The van der Waals surface area contributed by atoms with Gasteiger partial charge in [-0.05, 0) is 37.5 Å². The van der Waals surface area contributed by atoms with Gasteiger partial charge in [0.05, 0.1) is 5.56 Å². The molecule has 0 saturated heterocycles. The van der Waals surface area contributed by atoms with E-state index in [2.05, 4.69) is 15.9 Å². The van der Waals surface area contributed by atoms with Crippen molar-refractivity contribution in [2.75, 3.05) is 12.4 Å². The summed E-state index contributed by atoms with van der Waals surface area (Å²) in [7, 11) is 0. The molecule has 2 nitrogen and oxygen atoms in total. The number of carbonyl (C=O) groups excluding carboxylic acids is 1. The minimum Gasteiger partial charge on any atom is -0.334 e. The van der Waals surface area contributed by atoms with Gasteiger partial charge in [0, 0.05) is 22.9 Å². The van der Waals surface area contributed by atoms with Crippen LogP contribution in [0, 0.1) is 5.82 Å². The van der Waals surface area contributed by atoms with Gasteiger partial charge in [-0.15, -0.1) is 11.6 Å². The summed E-state index contributed by atoms with van der Waals surface area (Å²) < 4.78 is 14.4. The molecule has 0 radical (unpaired) electrons. The Hall–Kier alpha value is -0.610. The fourth-order valence-corrected chi connectivity index (χ4v) is 2.57. The lowest BCUT2D eigenvalue weighted by molar-refractivity contribution is 0.0593. The van der Waals surface area contributed by atoms with Gasteiger partial charge in [-0.1, -0.05) is 15.9 Å². The molecule has 0 aliphatic heterocycles. The summed E-state index contributed by atoms with van der Waals surface area (Å²) in [4.78, 5) is 14.0. The number of halogens is 3. The van der Waals surface area contributed by atoms with Crippen LogP contribution in [0.25, 0.3) is 0 Å². The number of amides is 1. The number of hydrogen-bond donors (Lipinski definition) is 0. The smallest absolute Gasteiger partial charge is 0.257 e. The zero-order valence-corrected chi connectivity index (χ0v) is 12.2. The van der Waals surface area contributed by atoms with Gasteiger partial charge in [-0.2, -0.15) is 0 Å². The molecule has 1 fully saturated rings. The standard InChI is InChI=1S/C13H14BrClFNO/c14-9-4-5-11(12(16)8-9)13(18)17(7-6-15)10-2-1-3-10/h4-5,8,10H,1-3,6-7H2. The molecule has 0 N–H and O–H groups in total. The van der Waals surface area contributed by atoms with E-state index in [1.165, 1.54) is 12.1 Å². The van der Waals surface area contributed by atoms with Crippen molar-refractivity contribution < 1.29 is 9.18 Å². The van der Waals surface area contributed by atoms with Crippen LogP contribution in [0.5, 0.6) is 0 Å². The number of carbonyl (C=O) groups is 1. The van der Waals surface area contributed by atoms with E-state index in [0.717, 1.165) is 19.3 Å². The molecule has 0 aromatic heterocycles. The minimum absolute atomic E-state index is 0.121. The number of benzene rings is 1. The van der Waals surface area contributed by atoms with Crippen LogP contribution in [-0.4, -0.2) is 29.3 Å². The van der Waals surface area contributed by atoms with E-state index in [1.807, 2.05) is 0 Å². The fraction of sp³-hybridized carbons (Fsp3) is 0.462. The highest BCUT2D eigenvalue weighted by molar-refractivity contribution is 9.10. The number of alkyl halides is 1. The molecule has 0 bridgehead atoms. The van der Waals surface area contributed by atoms with Gasteiger partial charge in [0.1, 0.15) is 5.82 Å². The molecule has 98 valence electrons. The van der Waals surface area contributed by atoms with Crippen LogP contribution in [0.15, 0.2) is 22.7 Å². The van der Waals surface area contributed by atoms with Crippen molar-refractivity contribution in [3.63, 3.8) is 0 Å². The largest absolute Gasteiger partial charge is 0.334 e. The molecule has 1 aromatic carbocycles. The highest BCUT2D eigenvalue weighted by Crippen LogP contribution is 2.27. The summed E-state index contributed by atoms with van der Waals surface area (Å²) >= 11 is 8.90. The molecule has 0 heterocycles. The van der Waals surface area contributed by atoms with E-state index in [0.29, 0.717) is 16.9 Å². The Kier molecular flexibility index (Phi) is 4.62. The molecule has 5 heteroatoms. The van der Waals surface area contributed by atoms with Crippen molar-refractivity contribution in [3.8, 4) is 0 Å².